The minimum atomic E-state index is 0.318. The molecule has 2 rings (SSSR count). The predicted molar refractivity (Wildman–Crippen MR) is 37.9 cm³/mol. The highest BCUT2D eigenvalue weighted by Crippen LogP contribution is 2.13. The molecule has 1 atom stereocenters. The van der Waals surface area contributed by atoms with Crippen molar-refractivity contribution in [3.05, 3.63) is 36.1 Å². The summed E-state index contributed by atoms with van der Waals surface area (Å²) in [6.07, 6.45) is 10.9. The third-order valence-electron chi connectivity index (χ3n) is 1.59. The lowest BCUT2D eigenvalue weighted by Gasteiger charge is -2.21. The van der Waals surface area contributed by atoms with E-state index < -0.39 is 0 Å². The summed E-state index contributed by atoms with van der Waals surface area (Å²) in [5, 5.41) is 3.16. The first kappa shape index (κ1) is 5.74. The van der Waals surface area contributed by atoms with E-state index >= 15 is 0 Å². The molecule has 2 heteroatoms. The molecule has 0 bridgehead atoms. The quantitative estimate of drug-likeness (QED) is 0.527. The maximum Gasteiger partial charge on any atom is 0.168 e. The number of hydrogen-bond donors (Lipinski definition) is 1. The first-order valence-corrected chi connectivity index (χ1v) is 3.30. The van der Waals surface area contributed by atoms with Crippen molar-refractivity contribution < 1.29 is 4.74 Å². The van der Waals surface area contributed by atoms with Crippen molar-refractivity contribution in [2.75, 3.05) is 6.73 Å². The largest absolute Gasteiger partial charge is 0.474 e. The highest BCUT2D eigenvalue weighted by Gasteiger charge is 2.14. The Morgan fingerprint density at radius 1 is 1.60 bits per heavy atom. The number of nitrogens with one attached hydrogen (secondary N) is 1. The fraction of sp³-hybridized carbons (Fsp3) is 0.250. The Hall–Kier alpha value is -1.02. The van der Waals surface area contributed by atoms with Crippen LogP contribution in [-0.2, 0) is 4.74 Å². The van der Waals surface area contributed by atoms with Crippen LogP contribution in [0.3, 0.4) is 0 Å². The van der Waals surface area contributed by atoms with Gasteiger partial charge in [0.2, 0.25) is 0 Å². The molecule has 2 nitrogen and oxygen atoms in total. The van der Waals surface area contributed by atoms with Crippen LogP contribution in [0.15, 0.2) is 29.9 Å². The standard InChI is InChI=1S/C8H8NO/c1-2-4-8-7(3-1)5-10-6-9-8/h1-4,8-9H,6H2. The van der Waals surface area contributed by atoms with E-state index in [-0.39, 0.29) is 0 Å². The van der Waals surface area contributed by atoms with Gasteiger partial charge in [0.05, 0.1) is 6.04 Å². The van der Waals surface area contributed by atoms with Crippen LogP contribution in [0.1, 0.15) is 0 Å². The first-order chi connectivity index (χ1) is 4.97. The molecule has 1 unspecified atom stereocenters. The number of rotatable bonds is 0. The molecule has 1 aliphatic carbocycles. The highest BCUT2D eigenvalue weighted by molar-refractivity contribution is 5.34. The summed E-state index contributed by atoms with van der Waals surface area (Å²) < 4.78 is 4.96. The van der Waals surface area contributed by atoms with Gasteiger partial charge in [0.15, 0.2) is 6.26 Å². The molecule has 1 N–H and O–H groups in total. The maximum absolute atomic E-state index is 4.96. The molecule has 0 aromatic carbocycles. The van der Waals surface area contributed by atoms with E-state index in [1.807, 2.05) is 18.2 Å². The average molecular weight is 134 g/mol. The zero-order valence-electron chi connectivity index (χ0n) is 5.50. The number of hydrogen-bond acceptors (Lipinski definition) is 2. The van der Waals surface area contributed by atoms with E-state index in [1.165, 1.54) is 0 Å². The first-order valence-electron chi connectivity index (χ1n) is 3.30. The molecule has 51 valence electrons. The molecular formula is C8H8NO. The van der Waals surface area contributed by atoms with E-state index in [9.17, 15) is 0 Å². The number of ether oxygens (including phenoxy) is 1. The third kappa shape index (κ3) is 0.866. The second-order valence-electron chi connectivity index (χ2n) is 2.27. The van der Waals surface area contributed by atoms with Crippen molar-refractivity contribution in [2.24, 2.45) is 0 Å². The Kier molecular flexibility index (Phi) is 1.32. The Morgan fingerprint density at radius 2 is 2.60 bits per heavy atom. The Bertz CT molecular complexity index is 215. The maximum atomic E-state index is 4.96. The molecular weight excluding hydrogens is 126 g/mol. The molecule has 0 saturated carbocycles. The summed E-state index contributed by atoms with van der Waals surface area (Å²) in [6, 6.07) is 0.318. The van der Waals surface area contributed by atoms with Gasteiger partial charge in [0.1, 0.15) is 6.73 Å². The lowest BCUT2D eigenvalue weighted by molar-refractivity contribution is 0.177. The Morgan fingerprint density at radius 3 is 3.50 bits per heavy atom. The molecule has 0 saturated heterocycles. The van der Waals surface area contributed by atoms with Crippen molar-refractivity contribution in [3.63, 3.8) is 0 Å². The van der Waals surface area contributed by atoms with Crippen molar-refractivity contribution in [1.82, 2.24) is 5.32 Å². The van der Waals surface area contributed by atoms with Crippen LogP contribution in [0.4, 0.5) is 0 Å². The summed E-state index contributed by atoms with van der Waals surface area (Å²) >= 11 is 0. The average Bonchev–Trinajstić information content (AvgIpc) is 2.05. The monoisotopic (exact) mass is 134 g/mol. The summed E-state index contributed by atoms with van der Waals surface area (Å²) in [5.41, 5.74) is 1.08. The van der Waals surface area contributed by atoms with Crippen molar-refractivity contribution in [2.45, 2.75) is 6.04 Å². The van der Waals surface area contributed by atoms with Gasteiger partial charge in [0, 0.05) is 5.57 Å². The number of fused-ring (bicyclic) bond motifs is 1. The van der Waals surface area contributed by atoms with Crippen LogP contribution < -0.4 is 5.32 Å². The molecule has 0 amide bonds. The van der Waals surface area contributed by atoms with Gasteiger partial charge in [0.25, 0.3) is 0 Å². The third-order valence-corrected chi connectivity index (χ3v) is 1.59. The van der Waals surface area contributed by atoms with Crippen molar-refractivity contribution >= 4 is 0 Å². The molecule has 0 aromatic rings. The van der Waals surface area contributed by atoms with Crippen LogP contribution in [0, 0.1) is 6.26 Å². The van der Waals surface area contributed by atoms with Gasteiger partial charge in [-0.25, -0.2) is 0 Å². The van der Waals surface area contributed by atoms with Gasteiger partial charge in [-0.2, -0.15) is 0 Å². The fourth-order valence-corrected chi connectivity index (χ4v) is 1.07. The highest BCUT2D eigenvalue weighted by atomic mass is 16.5. The molecule has 0 spiro atoms. The second kappa shape index (κ2) is 2.31. The molecule has 1 radical (unpaired) electrons. The van der Waals surface area contributed by atoms with E-state index in [0.717, 1.165) is 5.57 Å². The predicted octanol–water partition coefficient (Wildman–Crippen LogP) is 0.745. The minimum absolute atomic E-state index is 0.318. The topological polar surface area (TPSA) is 21.3 Å². The van der Waals surface area contributed by atoms with E-state index in [4.69, 9.17) is 4.74 Å². The molecule has 2 aliphatic rings. The summed E-state index contributed by atoms with van der Waals surface area (Å²) in [7, 11) is 0. The van der Waals surface area contributed by atoms with Gasteiger partial charge in [-0.3, -0.25) is 5.32 Å². The molecule has 0 fully saturated rings. The summed E-state index contributed by atoms with van der Waals surface area (Å²) in [5.74, 6) is 0. The van der Waals surface area contributed by atoms with E-state index in [2.05, 4.69) is 17.7 Å². The lowest BCUT2D eigenvalue weighted by Crippen LogP contribution is -2.34. The minimum Gasteiger partial charge on any atom is -0.474 e. The van der Waals surface area contributed by atoms with Crippen molar-refractivity contribution in [1.29, 1.82) is 0 Å². The zero-order chi connectivity index (χ0) is 6.81. The van der Waals surface area contributed by atoms with E-state index in [0.29, 0.717) is 12.8 Å². The summed E-state index contributed by atoms with van der Waals surface area (Å²) in [6.45, 7) is 0.562. The van der Waals surface area contributed by atoms with Crippen LogP contribution in [-0.4, -0.2) is 12.8 Å². The SMILES string of the molecule is [C]1=C2C=CC=CC2NCO1. The smallest absolute Gasteiger partial charge is 0.168 e. The number of allylic oxidation sites excluding steroid dienone is 2. The van der Waals surface area contributed by atoms with Gasteiger partial charge in [-0.15, -0.1) is 0 Å². The molecule has 1 heterocycles. The summed E-state index contributed by atoms with van der Waals surface area (Å²) in [4.78, 5) is 0. The molecule has 1 aliphatic heterocycles. The fourth-order valence-electron chi connectivity index (χ4n) is 1.07. The van der Waals surface area contributed by atoms with Gasteiger partial charge in [-0.05, 0) is 0 Å². The van der Waals surface area contributed by atoms with Crippen molar-refractivity contribution in [3.8, 4) is 0 Å². The van der Waals surface area contributed by atoms with Crippen LogP contribution >= 0.6 is 0 Å². The molecule has 0 aromatic heterocycles. The Labute approximate surface area is 59.9 Å². The second-order valence-corrected chi connectivity index (χ2v) is 2.27. The van der Waals surface area contributed by atoms with Crippen LogP contribution in [0.5, 0.6) is 0 Å². The van der Waals surface area contributed by atoms with Gasteiger partial charge >= 0.3 is 0 Å². The Balaban J connectivity index is 2.27. The lowest BCUT2D eigenvalue weighted by atomic mass is 10.0. The van der Waals surface area contributed by atoms with Gasteiger partial charge in [-0.1, -0.05) is 24.3 Å². The normalized spacial score (nSPS) is 28.8. The van der Waals surface area contributed by atoms with Crippen LogP contribution in [0.25, 0.3) is 0 Å². The van der Waals surface area contributed by atoms with Gasteiger partial charge < -0.3 is 4.74 Å². The van der Waals surface area contributed by atoms with E-state index in [1.54, 1.807) is 0 Å². The van der Waals surface area contributed by atoms with Crippen LogP contribution in [0.2, 0.25) is 0 Å². The molecule has 10 heavy (non-hydrogen) atoms. The zero-order valence-corrected chi connectivity index (χ0v) is 5.50.